The smallest absolute Gasteiger partial charge is 0.247 e. The lowest BCUT2D eigenvalue weighted by molar-refractivity contribution is -0.142. The summed E-state index contributed by atoms with van der Waals surface area (Å²) in [6.45, 7) is 4.66. The molecule has 142 valence electrons. The van der Waals surface area contributed by atoms with E-state index in [-0.39, 0.29) is 29.9 Å². The van der Waals surface area contributed by atoms with E-state index in [1.54, 1.807) is 34.6 Å². The van der Waals surface area contributed by atoms with E-state index >= 15 is 0 Å². The third-order valence-electron chi connectivity index (χ3n) is 4.99. The average Bonchev–Trinajstić information content (AvgIpc) is 2.65. The van der Waals surface area contributed by atoms with E-state index in [0.717, 1.165) is 0 Å². The zero-order valence-electron chi connectivity index (χ0n) is 15.1. The second kappa shape index (κ2) is 9.14. The molecule has 0 aromatic heterocycles. The van der Waals surface area contributed by atoms with Crippen molar-refractivity contribution in [2.75, 3.05) is 13.1 Å². The first-order valence-electron chi connectivity index (χ1n) is 8.85. The van der Waals surface area contributed by atoms with E-state index in [2.05, 4.69) is 0 Å². The van der Waals surface area contributed by atoms with Crippen LogP contribution in [0.5, 0.6) is 0 Å². The van der Waals surface area contributed by atoms with Crippen LogP contribution >= 0.6 is 11.6 Å². The largest absolute Gasteiger partial charge is 0.343 e. The van der Waals surface area contributed by atoms with Gasteiger partial charge in [-0.2, -0.15) is 0 Å². The van der Waals surface area contributed by atoms with Gasteiger partial charge in [0.15, 0.2) is 5.78 Å². The van der Waals surface area contributed by atoms with Gasteiger partial charge in [0.05, 0.1) is 5.92 Å². The Kier molecular flexibility index (Phi) is 7.17. The summed E-state index contributed by atoms with van der Waals surface area (Å²) in [7, 11) is 0. The van der Waals surface area contributed by atoms with Crippen LogP contribution in [0.3, 0.4) is 0 Å². The van der Waals surface area contributed by atoms with Crippen molar-refractivity contribution < 1.29 is 19.6 Å². The van der Waals surface area contributed by atoms with Crippen LogP contribution in [0.2, 0.25) is 5.02 Å². The molecule has 0 saturated carbocycles. The number of nitrogens with zero attached hydrogens (tertiary/aromatic N) is 1. The molecule has 1 atom stereocenters. The summed E-state index contributed by atoms with van der Waals surface area (Å²) >= 11 is 5.85. The number of amides is 2. The molecule has 0 bridgehead atoms. The molecule has 1 unspecified atom stereocenters. The first-order valence-corrected chi connectivity index (χ1v) is 9.22. The van der Waals surface area contributed by atoms with Crippen molar-refractivity contribution in [2.24, 2.45) is 17.8 Å². The summed E-state index contributed by atoms with van der Waals surface area (Å²) in [5.41, 5.74) is 2.27. The van der Waals surface area contributed by atoms with E-state index in [4.69, 9.17) is 16.8 Å². The first-order chi connectivity index (χ1) is 12.3. The van der Waals surface area contributed by atoms with Crippen LogP contribution in [0.4, 0.5) is 0 Å². The standard InChI is InChI=1S/C19H25ClN2O4/c1-12(2)16(19(25)21-26)11-17(23)22-9-7-14(8-10-22)18(24)13-3-5-15(20)6-4-13/h3-6,12,14,16,26H,7-11H2,1-2H3,(H,21,25). The average molecular weight is 381 g/mol. The maximum atomic E-state index is 12.6. The predicted molar refractivity (Wildman–Crippen MR) is 98.0 cm³/mol. The minimum atomic E-state index is -0.569. The third-order valence-corrected chi connectivity index (χ3v) is 5.25. The Morgan fingerprint density at radius 1 is 1.19 bits per heavy atom. The van der Waals surface area contributed by atoms with E-state index in [0.29, 0.717) is 36.5 Å². The molecule has 1 fully saturated rings. The van der Waals surface area contributed by atoms with Crippen LogP contribution in [-0.4, -0.2) is 40.8 Å². The summed E-state index contributed by atoms with van der Waals surface area (Å²) in [5.74, 6) is -1.32. The van der Waals surface area contributed by atoms with Gasteiger partial charge in [-0.1, -0.05) is 25.4 Å². The fourth-order valence-corrected chi connectivity index (χ4v) is 3.40. The van der Waals surface area contributed by atoms with Crippen LogP contribution in [0, 0.1) is 17.8 Å². The van der Waals surface area contributed by atoms with E-state index < -0.39 is 11.8 Å². The van der Waals surface area contributed by atoms with Crippen molar-refractivity contribution >= 4 is 29.2 Å². The number of Topliss-reactive ketones (excluding diaryl/α,β-unsaturated/α-hetero) is 1. The van der Waals surface area contributed by atoms with Crippen LogP contribution < -0.4 is 5.48 Å². The highest BCUT2D eigenvalue weighted by molar-refractivity contribution is 6.30. The Morgan fingerprint density at radius 3 is 2.27 bits per heavy atom. The number of hydrogen-bond acceptors (Lipinski definition) is 4. The molecule has 2 amide bonds. The fraction of sp³-hybridized carbons (Fsp3) is 0.526. The maximum absolute atomic E-state index is 12.6. The van der Waals surface area contributed by atoms with Gasteiger partial charge in [0.2, 0.25) is 11.8 Å². The Labute approximate surface area is 158 Å². The molecule has 1 aliphatic rings. The highest BCUT2D eigenvalue weighted by Gasteiger charge is 2.31. The van der Waals surface area contributed by atoms with Gasteiger partial charge in [0.1, 0.15) is 0 Å². The second-order valence-electron chi connectivity index (χ2n) is 7.06. The maximum Gasteiger partial charge on any atom is 0.247 e. The normalized spacial score (nSPS) is 16.4. The van der Waals surface area contributed by atoms with E-state index in [9.17, 15) is 14.4 Å². The van der Waals surface area contributed by atoms with Crippen molar-refractivity contribution in [2.45, 2.75) is 33.1 Å². The molecule has 2 rings (SSSR count). The molecule has 26 heavy (non-hydrogen) atoms. The highest BCUT2D eigenvalue weighted by Crippen LogP contribution is 2.24. The molecule has 1 aromatic rings. The van der Waals surface area contributed by atoms with Crippen LogP contribution in [0.15, 0.2) is 24.3 Å². The van der Waals surface area contributed by atoms with Crippen molar-refractivity contribution in [1.82, 2.24) is 10.4 Å². The molecule has 7 heteroatoms. The Balaban J connectivity index is 1.90. The molecule has 1 aromatic carbocycles. The summed E-state index contributed by atoms with van der Waals surface area (Å²) in [6, 6.07) is 6.85. The van der Waals surface area contributed by atoms with Gasteiger partial charge >= 0.3 is 0 Å². The number of piperidine rings is 1. The Morgan fingerprint density at radius 2 is 1.77 bits per heavy atom. The number of hydrogen-bond donors (Lipinski definition) is 2. The number of rotatable bonds is 6. The van der Waals surface area contributed by atoms with Crippen LogP contribution in [0.25, 0.3) is 0 Å². The monoisotopic (exact) mass is 380 g/mol. The number of carbonyl (C=O) groups is 3. The number of likely N-dealkylation sites (tertiary alicyclic amines) is 1. The van der Waals surface area contributed by atoms with Crippen LogP contribution in [0.1, 0.15) is 43.5 Å². The van der Waals surface area contributed by atoms with Gasteiger partial charge in [-0.05, 0) is 43.0 Å². The number of halogens is 1. The lowest BCUT2D eigenvalue weighted by Crippen LogP contribution is -2.43. The first kappa shape index (κ1) is 20.4. The van der Waals surface area contributed by atoms with Crippen molar-refractivity contribution in [3.05, 3.63) is 34.9 Å². The molecule has 1 aliphatic heterocycles. The van der Waals surface area contributed by atoms with Gasteiger partial charge in [0, 0.05) is 36.0 Å². The van der Waals surface area contributed by atoms with Gasteiger partial charge in [-0.15, -0.1) is 0 Å². The zero-order valence-corrected chi connectivity index (χ0v) is 15.8. The number of carbonyl (C=O) groups excluding carboxylic acids is 3. The lowest BCUT2D eigenvalue weighted by atomic mass is 9.87. The summed E-state index contributed by atoms with van der Waals surface area (Å²) in [4.78, 5) is 38.4. The second-order valence-corrected chi connectivity index (χ2v) is 7.49. The fourth-order valence-electron chi connectivity index (χ4n) is 3.27. The molecule has 0 spiro atoms. The van der Waals surface area contributed by atoms with Crippen molar-refractivity contribution in [3.63, 3.8) is 0 Å². The topological polar surface area (TPSA) is 86.7 Å². The van der Waals surface area contributed by atoms with Crippen molar-refractivity contribution in [3.8, 4) is 0 Å². The minimum Gasteiger partial charge on any atom is -0.343 e. The number of hydroxylamine groups is 1. The summed E-state index contributed by atoms with van der Waals surface area (Å²) < 4.78 is 0. The molecule has 6 nitrogen and oxygen atoms in total. The predicted octanol–water partition coefficient (Wildman–Crippen LogP) is 2.93. The molecular weight excluding hydrogens is 356 g/mol. The molecule has 1 heterocycles. The van der Waals surface area contributed by atoms with E-state index in [1.165, 1.54) is 0 Å². The number of benzene rings is 1. The summed E-state index contributed by atoms with van der Waals surface area (Å²) in [6.07, 6.45) is 1.26. The Bertz CT molecular complexity index is 652. The number of ketones is 1. The SMILES string of the molecule is CC(C)C(CC(=O)N1CCC(C(=O)c2ccc(Cl)cc2)CC1)C(=O)NO. The quantitative estimate of drug-likeness (QED) is 0.451. The zero-order chi connectivity index (χ0) is 19.3. The van der Waals surface area contributed by atoms with Gasteiger partial charge in [-0.25, -0.2) is 5.48 Å². The Hall–Kier alpha value is -1.92. The van der Waals surface area contributed by atoms with Gasteiger partial charge < -0.3 is 4.90 Å². The molecule has 2 N–H and O–H groups in total. The lowest BCUT2D eigenvalue weighted by Gasteiger charge is -2.32. The van der Waals surface area contributed by atoms with Crippen LogP contribution in [-0.2, 0) is 9.59 Å². The molecule has 0 radical (unpaired) electrons. The molecule has 1 saturated heterocycles. The van der Waals surface area contributed by atoms with Gasteiger partial charge in [-0.3, -0.25) is 19.6 Å². The third kappa shape index (κ3) is 5.05. The van der Waals surface area contributed by atoms with Crippen molar-refractivity contribution in [1.29, 1.82) is 0 Å². The minimum absolute atomic E-state index is 0.0554. The van der Waals surface area contributed by atoms with E-state index in [1.807, 2.05) is 13.8 Å². The summed E-state index contributed by atoms with van der Waals surface area (Å²) in [5, 5.41) is 9.42. The molecular formula is C19H25ClN2O4. The molecule has 0 aliphatic carbocycles. The highest BCUT2D eigenvalue weighted by atomic mass is 35.5. The number of nitrogens with one attached hydrogen (secondary N) is 1. The van der Waals surface area contributed by atoms with Gasteiger partial charge in [0.25, 0.3) is 0 Å².